The van der Waals surface area contributed by atoms with Crippen molar-refractivity contribution in [2.24, 2.45) is 5.92 Å². The molecule has 1 aliphatic heterocycles. The van der Waals surface area contributed by atoms with Crippen LogP contribution in [0.1, 0.15) is 57.2 Å². The van der Waals surface area contributed by atoms with E-state index in [1.54, 1.807) is 4.68 Å². The van der Waals surface area contributed by atoms with E-state index in [1.165, 1.54) is 62.4 Å². The molecule has 8 heteroatoms. The number of thioether (sulfide) groups is 1. The summed E-state index contributed by atoms with van der Waals surface area (Å²) in [7, 11) is 0. The summed E-state index contributed by atoms with van der Waals surface area (Å²) < 4.78 is 1.55. The van der Waals surface area contributed by atoms with Crippen LogP contribution in [-0.2, 0) is 11.2 Å². The first-order valence-electron chi connectivity index (χ1n) is 11.2. The molecular formula is C22H32N6OS. The zero-order chi connectivity index (χ0) is 20.8. The van der Waals surface area contributed by atoms with Crippen LogP contribution in [0.3, 0.4) is 0 Å². The lowest BCUT2D eigenvalue weighted by atomic mass is 9.86. The second-order valence-corrected chi connectivity index (χ2v) is 9.33. The minimum atomic E-state index is -0.0688. The van der Waals surface area contributed by atoms with Crippen LogP contribution in [0.2, 0.25) is 0 Å². The molecule has 2 aromatic rings. The summed E-state index contributed by atoms with van der Waals surface area (Å²) in [5, 5.41) is 12.0. The van der Waals surface area contributed by atoms with Gasteiger partial charge in [0.15, 0.2) is 5.82 Å². The number of nitrogens with two attached hydrogens (primary N) is 1. The highest BCUT2D eigenvalue weighted by molar-refractivity contribution is 7.99. The Balaban J connectivity index is 1.23. The van der Waals surface area contributed by atoms with Crippen molar-refractivity contribution in [1.29, 1.82) is 0 Å². The summed E-state index contributed by atoms with van der Waals surface area (Å²) in [6, 6.07) is 8.07. The quantitative estimate of drug-likeness (QED) is 0.491. The van der Waals surface area contributed by atoms with Crippen molar-refractivity contribution in [3.05, 3.63) is 30.1 Å². The number of nitrogen functional groups attached to an aromatic ring is 1. The lowest BCUT2D eigenvalue weighted by Gasteiger charge is -2.20. The highest BCUT2D eigenvalue weighted by Gasteiger charge is 2.17. The first-order chi connectivity index (χ1) is 14.7. The Kier molecular flexibility index (Phi) is 7.15. The molecule has 0 radical (unpaired) electrons. The molecule has 162 valence electrons. The highest BCUT2D eigenvalue weighted by Crippen LogP contribution is 2.27. The number of carbonyl (C=O) groups excluding carboxylic acids is 1. The minimum Gasteiger partial charge on any atom is -0.372 e. The molecule has 2 aliphatic rings. The minimum absolute atomic E-state index is 0.0688. The van der Waals surface area contributed by atoms with Gasteiger partial charge >= 0.3 is 0 Å². The van der Waals surface area contributed by atoms with E-state index in [0.717, 1.165) is 43.4 Å². The third-order valence-corrected chi connectivity index (χ3v) is 7.13. The van der Waals surface area contributed by atoms with Gasteiger partial charge in [-0.15, -0.1) is 10.2 Å². The molecule has 7 nitrogen and oxygen atoms in total. The van der Waals surface area contributed by atoms with Crippen LogP contribution >= 0.6 is 11.8 Å². The number of hydrogen-bond donors (Lipinski definition) is 2. The monoisotopic (exact) mass is 428 g/mol. The standard InChI is InChI=1S/C22H32N6OS/c23-28-20(13-8-17-6-2-1-3-7-17)25-26-22(28)30-16-21(29)24-18-9-11-19(12-10-18)27-14-4-5-15-27/h9-12,17H,1-8,13-16,23H2,(H,24,29). The Bertz CT molecular complexity index is 825. The van der Waals surface area contributed by atoms with Gasteiger partial charge in [0.2, 0.25) is 11.1 Å². The topological polar surface area (TPSA) is 89.1 Å². The van der Waals surface area contributed by atoms with Crippen LogP contribution in [0.15, 0.2) is 29.4 Å². The predicted octanol–water partition coefficient (Wildman–Crippen LogP) is 3.84. The number of rotatable bonds is 8. The number of amides is 1. The molecule has 30 heavy (non-hydrogen) atoms. The molecule has 2 fully saturated rings. The van der Waals surface area contributed by atoms with Crippen molar-refractivity contribution in [1.82, 2.24) is 14.9 Å². The Labute approximate surface area is 182 Å². The molecule has 1 saturated carbocycles. The van der Waals surface area contributed by atoms with Crippen LogP contribution in [-0.4, -0.2) is 39.6 Å². The van der Waals surface area contributed by atoms with Crippen molar-refractivity contribution >= 4 is 29.0 Å². The van der Waals surface area contributed by atoms with Gasteiger partial charge in [0.25, 0.3) is 0 Å². The maximum absolute atomic E-state index is 12.3. The van der Waals surface area contributed by atoms with E-state index in [4.69, 9.17) is 5.84 Å². The first-order valence-corrected chi connectivity index (χ1v) is 12.1. The normalized spacial score (nSPS) is 17.4. The number of aromatic nitrogens is 3. The Morgan fingerprint density at radius 3 is 2.53 bits per heavy atom. The van der Waals surface area contributed by atoms with Crippen molar-refractivity contribution in [2.75, 3.05) is 34.9 Å². The zero-order valence-electron chi connectivity index (χ0n) is 17.6. The highest BCUT2D eigenvalue weighted by atomic mass is 32.2. The number of nitrogens with one attached hydrogen (secondary N) is 1. The maximum Gasteiger partial charge on any atom is 0.234 e. The van der Waals surface area contributed by atoms with E-state index in [9.17, 15) is 4.79 Å². The predicted molar refractivity (Wildman–Crippen MR) is 122 cm³/mol. The molecule has 1 aliphatic carbocycles. The van der Waals surface area contributed by atoms with E-state index < -0.39 is 0 Å². The number of nitrogens with zero attached hydrogens (tertiary/aromatic N) is 4. The third-order valence-electron chi connectivity index (χ3n) is 6.19. The molecule has 1 amide bonds. The number of hydrogen-bond acceptors (Lipinski definition) is 6. The van der Waals surface area contributed by atoms with Gasteiger partial charge in [-0.2, -0.15) is 0 Å². The molecule has 0 bridgehead atoms. The molecule has 4 rings (SSSR count). The fraction of sp³-hybridized carbons (Fsp3) is 0.591. The first kappa shape index (κ1) is 21.0. The third kappa shape index (κ3) is 5.47. The summed E-state index contributed by atoms with van der Waals surface area (Å²) in [5.41, 5.74) is 2.03. The lowest BCUT2D eigenvalue weighted by molar-refractivity contribution is -0.113. The summed E-state index contributed by atoms with van der Waals surface area (Å²) in [4.78, 5) is 14.7. The second kappa shape index (κ2) is 10.2. The summed E-state index contributed by atoms with van der Waals surface area (Å²) >= 11 is 1.32. The van der Waals surface area contributed by atoms with Gasteiger partial charge in [0.05, 0.1) is 5.75 Å². The van der Waals surface area contributed by atoms with E-state index in [2.05, 4.69) is 32.5 Å². The maximum atomic E-state index is 12.3. The summed E-state index contributed by atoms with van der Waals surface area (Å²) in [6.07, 6.45) is 11.2. The lowest BCUT2D eigenvalue weighted by Crippen LogP contribution is -2.18. The van der Waals surface area contributed by atoms with Crippen molar-refractivity contribution in [2.45, 2.75) is 62.9 Å². The molecular weight excluding hydrogens is 396 g/mol. The van der Waals surface area contributed by atoms with Gasteiger partial charge < -0.3 is 16.1 Å². The average Bonchev–Trinajstić information content (AvgIpc) is 3.43. The molecule has 0 atom stereocenters. The summed E-state index contributed by atoms with van der Waals surface area (Å²) in [6.45, 7) is 2.23. The second-order valence-electron chi connectivity index (χ2n) is 8.39. The van der Waals surface area contributed by atoms with Crippen LogP contribution in [0.25, 0.3) is 0 Å². The number of benzene rings is 1. The Morgan fingerprint density at radius 1 is 1.07 bits per heavy atom. The molecule has 0 unspecified atom stereocenters. The number of aryl methyl sites for hydroxylation is 1. The van der Waals surface area contributed by atoms with Crippen molar-refractivity contribution in [3.8, 4) is 0 Å². The Morgan fingerprint density at radius 2 is 1.80 bits per heavy atom. The molecule has 2 heterocycles. The molecule has 1 aromatic heterocycles. The van der Waals surface area contributed by atoms with Gasteiger partial charge in [-0.3, -0.25) is 4.79 Å². The van der Waals surface area contributed by atoms with E-state index in [1.807, 2.05) is 12.1 Å². The van der Waals surface area contributed by atoms with E-state index >= 15 is 0 Å². The van der Waals surface area contributed by atoms with Gasteiger partial charge in [0, 0.05) is 30.9 Å². The molecule has 1 saturated heterocycles. The fourth-order valence-corrected chi connectivity index (χ4v) is 5.12. The van der Waals surface area contributed by atoms with Crippen molar-refractivity contribution in [3.63, 3.8) is 0 Å². The van der Waals surface area contributed by atoms with E-state index in [-0.39, 0.29) is 11.7 Å². The number of anilines is 2. The molecule has 0 spiro atoms. The molecule has 1 aromatic carbocycles. The van der Waals surface area contributed by atoms with Gasteiger partial charge in [-0.1, -0.05) is 43.9 Å². The smallest absolute Gasteiger partial charge is 0.234 e. The van der Waals surface area contributed by atoms with Gasteiger partial charge in [0.1, 0.15) is 0 Å². The van der Waals surface area contributed by atoms with Gasteiger partial charge in [-0.05, 0) is 49.4 Å². The van der Waals surface area contributed by atoms with Crippen LogP contribution in [0.4, 0.5) is 11.4 Å². The van der Waals surface area contributed by atoms with Crippen LogP contribution < -0.4 is 16.1 Å². The zero-order valence-corrected chi connectivity index (χ0v) is 18.4. The fourth-order valence-electron chi connectivity index (χ4n) is 4.44. The largest absolute Gasteiger partial charge is 0.372 e. The SMILES string of the molecule is Nn1c(CCC2CCCCC2)nnc1SCC(=O)Nc1ccc(N2CCCC2)cc1. The van der Waals surface area contributed by atoms with Crippen molar-refractivity contribution < 1.29 is 4.79 Å². The van der Waals surface area contributed by atoms with Gasteiger partial charge in [-0.25, -0.2) is 4.68 Å². The van der Waals surface area contributed by atoms with Crippen LogP contribution in [0.5, 0.6) is 0 Å². The van der Waals surface area contributed by atoms with Crippen LogP contribution in [0, 0.1) is 5.92 Å². The van der Waals surface area contributed by atoms with E-state index in [0.29, 0.717) is 5.16 Å². The number of carbonyl (C=O) groups is 1. The average molecular weight is 429 g/mol. The molecule has 3 N–H and O–H groups in total. The Hall–Kier alpha value is -2.22. The summed E-state index contributed by atoms with van der Waals surface area (Å²) in [5.74, 6) is 7.95.